The highest BCUT2D eigenvalue weighted by molar-refractivity contribution is 7.13. The lowest BCUT2D eigenvalue weighted by atomic mass is 10.1. The summed E-state index contributed by atoms with van der Waals surface area (Å²) < 4.78 is 40.7. The lowest BCUT2D eigenvalue weighted by molar-refractivity contribution is -0.137. The first-order valence-electron chi connectivity index (χ1n) is 10.6. The number of aromatic nitrogens is 2. The monoisotopic (exact) mass is 470 g/mol. The van der Waals surface area contributed by atoms with Crippen molar-refractivity contribution in [2.75, 3.05) is 31.1 Å². The Kier molecular flexibility index (Phi) is 5.67. The van der Waals surface area contributed by atoms with E-state index in [1.54, 1.807) is 17.4 Å². The first-order chi connectivity index (χ1) is 15.9. The molecule has 1 aliphatic heterocycles. The van der Waals surface area contributed by atoms with Crippen molar-refractivity contribution >= 4 is 27.8 Å². The fourth-order valence-corrected chi connectivity index (χ4v) is 4.87. The number of benzene rings is 2. The van der Waals surface area contributed by atoms with Crippen LogP contribution in [0.1, 0.15) is 5.56 Å². The van der Waals surface area contributed by atoms with E-state index in [1.165, 1.54) is 16.8 Å². The van der Waals surface area contributed by atoms with Gasteiger partial charge in [-0.15, -0.1) is 11.3 Å². The molecule has 4 aromatic rings. The predicted octanol–water partition coefficient (Wildman–Crippen LogP) is 4.92. The molecule has 170 valence electrons. The smallest absolute Gasteiger partial charge is 0.369 e. The maximum absolute atomic E-state index is 13.1. The van der Waals surface area contributed by atoms with Gasteiger partial charge >= 0.3 is 6.18 Å². The van der Waals surface area contributed by atoms with Crippen LogP contribution in [0.5, 0.6) is 0 Å². The topological polar surface area (TPSA) is 41.4 Å². The fraction of sp³-hybridized carbons (Fsp3) is 0.250. The number of alkyl halides is 3. The molecule has 33 heavy (non-hydrogen) atoms. The molecule has 2 aromatic heterocycles. The van der Waals surface area contributed by atoms with Crippen molar-refractivity contribution in [2.24, 2.45) is 0 Å². The third kappa shape index (κ3) is 4.38. The van der Waals surface area contributed by atoms with Gasteiger partial charge in [-0.2, -0.15) is 18.3 Å². The molecule has 2 aromatic carbocycles. The van der Waals surface area contributed by atoms with E-state index >= 15 is 0 Å². The first-order valence-corrected chi connectivity index (χ1v) is 11.5. The summed E-state index contributed by atoms with van der Waals surface area (Å²) in [6.07, 6.45) is -4.36. The van der Waals surface area contributed by atoms with Gasteiger partial charge in [-0.1, -0.05) is 30.3 Å². The highest BCUT2D eigenvalue weighted by Crippen LogP contribution is 2.32. The molecule has 0 saturated carbocycles. The molecular formula is C24H21F3N4OS. The van der Waals surface area contributed by atoms with Gasteiger partial charge in [0, 0.05) is 37.3 Å². The molecule has 1 aliphatic rings. The highest BCUT2D eigenvalue weighted by Gasteiger charge is 2.31. The van der Waals surface area contributed by atoms with Crippen LogP contribution in [0.4, 0.5) is 18.9 Å². The number of halogens is 3. The summed E-state index contributed by atoms with van der Waals surface area (Å²) in [7, 11) is 0. The molecule has 0 aliphatic carbocycles. The van der Waals surface area contributed by atoms with Crippen molar-refractivity contribution in [3.05, 3.63) is 82.0 Å². The zero-order valence-electron chi connectivity index (χ0n) is 17.6. The second-order valence-corrected chi connectivity index (χ2v) is 8.92. The summed E-state index contributed by atoms with van der Waals surface area (Å²) in [4.78, 5) is 18.1. The van der Waals surface area contributed by atoms with Gasteiger partial charge < -0.3 is 4.90 Å². The van der Waals surface area contributed by atoms with E-state index in [9.17, 15) is 18.0 Å². The lowest BCUT2D eigenvalue weighted by Gasteiger charge is -2.36. The molecule has 1 fully saturated rings. The van der Waals surface area contributed by atoms with Gasteiger partial charge in [0.05, 0.1) is 22.5 Å². The van der Waals surface area contributed by atoms with Crippen LogP contribution >= 0.6 is 11.3 Å². The van der Waals surface area contributed by atoms with Gasteiger partial charge in [0.2, 0.25) is 0 Å². The van der Waals surface area contributed by atoms with Gasteiger partial charge in [-0.05, 0) is 35.7 Å². The van der Waals surface area contributed by atoms with E-state index in [0.717, 1.165) is 22.0 Å². The molecule has 0 unspecified atom stereocenters. The van der Waals surface area contributed by atoms with Gasteiger partial charge in [0.15, 0.2) is 0 Å². The molecule has 3 heterocycles. The molecule has 0 atom stereocenters. The minimum absolute atomic E-state index is 0.147. The van der Waals surface area contributed by atoms with E-state index in [4.69, 9.17) is 0 Å². The Hall–Kier alpha value is -3.17. The van der Waals surface area contributed by atoms with E-state index < -0.39 is 11.7 Å². The maximum atomic E-state index is 13.1. The summed E-state index contributed by atoms with van der Waals surface area (Å²) in [5.41, 5.74) is 0.551. The minimum atomic E-state index is -4.36. The Morgan fingerprint density at radius 1 is 0.909 bits per heavy atom. The summed E-state index contributed by atoms with van der Waals surface area (Å²) >= 11 is 1.57. The Labute approximate surface area is 192 Å². The molecule has 5 rings (SSSR count). The summed E-state index contributed by atoms with van der Waals surface area (Å²) in [6.45, 7) is 2.71. The second kappa shape index (κ2) is 8.64. The van der Waals surface area contributed by atoms with E-state index in [-0.39, 0.29) is 5.56 Å². The van der Waals surface area contributed by atoms with Gasteiger partial charge in [0.1, 0.15) is 5.69 Å². The van der Waals surface area contributed by atoms with Gasteiger partial charge in [-0.25, -0.2) is 4.68 Å². The molecule has 0 amide bonds. The number of anilines is 1. The molecule has 1 saturated heterocycles. The van der Waals surface area contributed by atoms with Crippen LogP contribution in [0.15, 0.2) is 70.8 Å². The van der Waals surface area contributed by atoms with Crippen molar-refractivity contribution in [3.8, 4) is 10.6 Å². The van der Waals surface area contributed by atoms with E-state index in [0.29, 0.717) is 43.9 Å². The Balaban J connectivity index is 1.36. The number of hydrogen-bond donors (Lipinski definition) is 0. The third-order valence-corrected chi connectivity index (χ3v) is 6.74. The van der Waals surface area contributed by atoms with E-state index in [1.807, 2.05) is 46.7 Å². The maximum Gasteiger partial charge on any atom is 0.416 e. The van der Waals surface area contributed by atoms with Crippen molar-refractivity contribution in [3.63, 3.8) is 0 Å². The molecule has 5 nitrogen and oxygen atoms in total. The van der Waals surface area contributed by atoms with Crippen molar-refractivity contribution in [1.82, 2.24) is 14.7 Å². The molecule has 0 spiro atoms. The zero-order chi connectivity index (χ0) is 23.0. The van der Waals surface area contributed by atoms with Gasteiger partial charge in [0.25, 0.3) is 5.56 Å². The summed E-state index contributed by atoms with van der Waals surface area (Å²) in [5.74, 6) is 0. The van der Waals surface area contributed by atoms with Crippen LogP contribution in [-0.2, 0) is 12.8 Å². The molecule has 0 N–H and O–H groups in total. The van der Waals surface area contributed by atoms with Crippen LogP contribution in [0.3, 0.4) is 0 Å². The van der Waals surface area contributed by atoms with Crippen LogP contribution in [0.25, 0.3) is 21.3 Å². The van der Waals surface area contributed by atoms with Crippen LogP contribution in [0.2, 0.25) is 0 Å². The average molecular weight is 471 g/mol. The fourth-order valence-electron chi connectivity index (χ4n) is 4.14. The highest BCUT2D eigenvalue weighted by atomic mass is 32.1. The summed E-state index contributed by atoms with van der Waals surface area (Å²) in [5, 5.41) is 8.12. The van der Waals surface area contributed by atoms with Crippen molar-refractivity contribution in [1.29, 1.82) is 0 Å². The average Bonchev–Trinajstić information content (AvgIpc) is 3.36. The largest absolute Gasteiger partial charge is 0.416 e. The zero-order valence-corrected chi connectivity index (χ0v) is 18.4. The quantitative estimate of drug-likeness (QED) is 0.425. The van der Waals surface area contributed by atoms with Crippen molar-refractivity contribution < 1.29 is 13.2 Å². The number of piperazine rings is 1. The van der Waals surface area contributed by atoms with Crippen LogP contribution in [-0.4, -0.2) is 40.9 Å². The first kappa shape index (κ1) is 21.7. The van der Waals surface area contributed by atoms with Crippen molar-refractivity contribution in [2.45, 2.75) is 12.8 Å². The molecule has 9 heteroatoms. The molecule has 0 radical (unpaired) electrons. The van der Waals surface area contributed by atoms with Gasteiger partial charge in [-0.3, -0.25) is 9.69 Å². The predicted molar refractivity (Wildman–Crippen MR) is 125 cm³/mol. The lowest BCUT2D eigenvalue weighted by Crippen LogP contribution is -2.48. The summed E-state index contributed by atoms with van der Waals surface area (Å²) in [6, 6.07) is 16.8. The molecular weight excluding hydrogens is 449 g/mol. The number of thiophene rings is 1. The number of nitrogens with zero attached hydrogens (tertiary/aromatic N) is 4. The van der Waals surface area contributed by atoms with Crippen LogP contribution < -0.4 is 10.5 Å². The number of fused-ring (bicyclic) bond motifs is 1. The number of hydrogen-bond acceptors (Lipinski definition) is 5. The second-order valence-electron chi connectivity index (χ2n) is 7.97. The third-order valence-electron chi connectivity index (χ3n) is 5.87. The SMILES string of the molecule is O=c1c2ccccc2c(-c2cccs2)nn1CN1CCN(c2cccc(C(F)(F)F)c2)CC1. The Bertz CT molecular complexity index is 1330. The minimum Gasteiger partial charge on any atom is -0.369 e. The standard InChI is InChI=1S/C24H21F3N4OS/c25-24(26,27)17-5-3-6-18(15-17)30-12-10-29(11-13-30)16-31-23(32)20-8-2-1-7-19(20)22(28-31)21-9-4-14-33-21/h1-9,14-15H,10-13,16H2. The molecule has 0 bridgehead atoms. The van der Waals surface area contributed by atoms with Crippen LogP contribution in [0, 0.1) is 0 Å². The Morgan fingerprint density at radius 3 is 2.36 bits per heavy atom. The number of rotatable bonds is 4. The normalized spacial score (nSPS) is 15.3. The van der Waals surface area contributed by atoms with E-state index in [2.05, 4.69) is 10.00 Å². The Morgan fingerprint density at radius 2 is 1.67 bits per heavy atom.